The Balaban J connectivity index is 0.00000160. The maximum absolute atomic E-state index is 2.58. The van der Waals surface area contributed by atoms with Crippen LogP contribution in [0.5, 0.6) is 0 Å². The Morgan fingerprint density at radius 3 is 1.83 bits per heavy atom. The first-order valence-corrected chi connectivity index (χ1v) is 12.8. The summed E-state index contributed by atoms with van der Waals surface area (Å²) in [6.07, 6.45) is 14.2. The maximum atomic E-state index is 2.58. The molecule has 3 heteroatoms. The summed E-state index contributed by atoms with van der Waals surface area (Å²) in [6, 6.07) is 22.2. The van der Waals surface area contributed by atoms with Crippen LogP contribution in [0, 0.1) is 0 Å². The molecule has 0 atom stereocenters. The van der Waals surface area contributed by atoms with E-state index in [1.54, 1.807) is 22.7 Å². The average Bonchev–Trinajstić information content (AvgIpc) is 3.43. The van der Waals surface area contributed by atoms with Crippen LogP contribution in [0.3, 0.4) is 0 Å². The minimum atomic E-state index is -1.84. The minimum absolute atomic E-state index is 0. The number of halogens is 2. The second-order valence-corrected chi connectivity index (χ2v) is 11.4. The Hall–Kier alpha value is -1.44. The normalized spacial score (nSPS) is 14.3. The summed E-state index contributed by atoms with van der Waals surface area (Å²) in [5.41, 5.74) is 6.06. The topological polar surface area (TPSA) is 0 Å². The SMILES string of the molecule is CCC1=C(CC)C[C]([Ti+2]([C]2=CC=CC2)=[C](c2ccccc2)c2ccccc2)=C1.[Cl-].[Cl-]. The summed E-state index contributed by atoms with van der Waals surface area (Å²) < 4.78 is 5.02. The molecular weight excluding hydrogens is 443 g/mol. The van der Waals surface area contributed by atoms with Crippen molar-refractivity contribution in [3.05, 3.63) is 115 Å². The molecule has 0 bridgehead atoms. The van der Waals surface area contributed by atoms with Gasteiger partial charge in [-0.2, -0.15) is 0 Å². The van der Waals surface area contributed by atoms with Gasteiger partial charge in [-0.05, 0) is 0 Å². The Morgan fingerprint density at radius 2 is 1.40 bits per heavy atom. The summed E-state index contributed by atoms with van der Waals surface area (Å²) in [5, 5.41) is 0. The van der Waals surface area contributed by atoms with Crippen LogP contribution in [0.15, 0.2) is 104 Å². The zero-order valence-electron chi connectivity index (χ0n) is 17.7. The molecule has 0 N–H and O–H groups in total. The first kappa shape index (κ1) is 24.8. The van der Waals surface area contributed by atoms with Gasteiger partial charge in [0.05, 0.1) is 0 Å². The zero-order chi connectivity index (χ0) is 19.3. The van der Waals surface area contributed by atoms with Crippen LogP contribution in [0.4, 0.5) is 0 Å². The van der Waals surface area contributed by atoms with Crippen LogP contribution in [0.2, 0.25) is 0 Å². The number of benzene rings is 2. The van der Waals surface area contributed by atoms with Crippen LogP contribution in [-0.4, -0.2) is 3.81 Å². The molecule has 2 aliphatic carbocycles. The van der Waals surface area contributed by atoms with Crippen molar-refractivity contribution in [2.75, 3.05) is 0 Å². The first-order chi connectivity index (χ1) is 13.8. The largest absolute Gasteiger partial charge is 1.00 e. The fourth-order valence-corrected chi connectivity index (χ4v) is 9.49. The van der Waals surface area contributed by atoms with Crippen molar-refractivity contribution in [3.8, 4) is 0 Å². The van der Waals surface area contributed by atoms with Crippen LogP contribution in [0.25, 0.3) is 0 Å². The molecule has 0 unspecified atom stereocenters. The van der Waals surface area contributed by atoms with Gasteiger partial charge in [0.25, 0.3) is 0 Å². The molecule has 0 aromatic heterocycles. The molecule has 0 amide bonds. The molecule has 154 valence electrons. The number of hydrogen-bond acceptors (Lipinski definition) is 0. The van der Waals surface area contributed by atoms with Gasteiger partial charge in [0.2, 0.25) is 0 Å². The third-order valence-corrected chi connectivity index (χ3v) is 10.6. The Kier molecular flexibility index (Phi) is 9.78. The van der Waals surface area contributed by atoms with Crippen LogP contribution in [-0.2, 0) is 17.4 Å². The van der Waals surface area contributed by atoms with Crippen molar-refractivity contribution in [2.45, 2.75) is 39.5 Å². The van der Waals surface area contributed by atoms with Crippen molar-refractivity contribution < 1.29 is 42.2 Å². The molecule has 0 nitrogen and oxygen atoms in total. The minimum Gasteiger partial charge on any atom is -1.00 e. The number of hydrogen-bond donors (Lipinski definition) is 0. The van der Waals surface area contributed by atoms with Gasteiger partial charge in [0.1, 0.15) is 0 Å². The Labute approximate surface area is 199 Å². The second-order valence-electron chi connectivity index (χ2n) is 7.49. The fourth-order valence-electron chi connectivity index (χ4n) is 4.40. The Bertz CT molecular complexity index is 968. The van der Waals surface area contributed by atoms with E-state index in [1.165, 1.54) is 24.0 Å². The molecule has 0 radical (unpaired) electrons. The van der Waals surface area contributed by atoms with Gasteiger partial charge < -0.3 is 24.8 Å². The third-order valence-electron chi connectivity index (χ3n) is 5.80. The van der Waals surface area contributed by atoms with Crippen LogP contribution in [0.1, 0.15) is 50.7 Å². The predicted octanol–water partition coefficient (Wildman–Crippen LogP) is 1.13. The molecule has 0 fully saturated rings. The number of rotatable bonds is 6. The van der Waals surface area contributed by atoms with E-state index < -0.39 is 17.4 Å². The molecule has 0 saturated heterocycles. The molecule has 0 aliphatic heterocycles. The smallest absolute Gasteiger partial charge is 1.00 e. The molecule has 2 aromatic rings. The second kappa shape index (κ2) is 11.8. The molecule has 2 aliphatic rings. The standard InChI is InChI=1S/C13H10.C9H13.C5H5.2ClH.Ti/c1-3-7-12(8-4-1)11-13-9-5-2-6-10-13;1-3-8-6-5-7-9(8)4-2;1-2-4-5-3-1;;;/h1-10H;6H,3-4,7H2,1-2H3;1-3H,4H2;2*1H;/q;;;;;+2/p-2. The third kappa shape index (κ3) is 5.24. The molecule has 0 spiro atoms. The quantitative estimate of drug-likeness (QED) is 0.555. The summed E-state index contributed by atoms with van der Waals surface area (Å²) in [6.45, 7) is 4.62. The predicted molar refractivity (Wildman–Crippen MR) is 118 cm³/mol. The zero-order valence-corrected chi connectivity index (χ0v) is 20.7. The fraction of sp³-hybridized carbons (Fsp3) is 0.222. The van der Waals surface area contributed by atoms with E-state index in [9.17, 15) is 0 Å². The van der Waals surface area contributed by atoms with Crippen molar-refractivity contribution in [2.24, 2.45) is 0 Å². The van der Waals surface area contributed by atoms with Crippen molar-refractivity contribution in [1.82, 2.24) is 0 Å². The molecular formula is C27H28Cl2Ti. The van der Waals surface area contributed by atoms with E-state index in [0.29, 0.717) is 0 Å². The van der Waals surface area contributed by atoms with Gasteiger partial charge in [-0.25, -0.2) is 0 Å². The van der Waals surface area contributed by atoms with Crippen molar-refractivity contribution >= 4 is 3.81 Å². The van der Waals surface area contributed by atoms with Gasteiger partial charge in [0, 0.05) is 0 Å². The van der Waals surface area contributed by atoms with Crippen LogP contribution < -0.4 is 24.8 Å². The van der Waals surface area contributed by atoms with Gasteiger partial charge in [-0.15, -0.1) is 0 Å². The molecule has 0 saturated carbocycles. The summed E-state index contributed by atoms with van der Waals surface area (Å²) in [5.74, 6) is 0. The van der Waals surface area contributed by atoms with E-state index >= 15 is 0 Å². The van der Waals surface area contributed by atoms with Gasteiger partial charge in [-0.3, -0.25) is 0 Å². The molecule has 0 heterocycles. The van der Waals surface area contributed by atoms with E-state index in [4.69, 9.17) is 0 Å². The van der Waals surface area contributed by atoms with Gasteiger partial charge in [-0.1, -0.05) is 0 Å². The first-order valence-electron chi connectivity index (χ1n) is 10.4. The van der Waals surface area contributed by atoms with Crippen LogP contribution >= 0.6 is 0 Å². The molecule has 2 aromatic carbocycles. The molecule has 30 heavy (non-hydrogen) atoms. The van der Waals surface area contributed by atoms with Gasteiger partial charge in [0.15, 0.2) is 0 Å². The van der Waals surface area contributed by atoms with E-state index in [1.807, 2.05) is 0 Å². The summed E-state index contributed by atoms with van der Waals surface area (Å²) in [7, 11) is 0. The van der Waals surface area contributed by atoms with E-state index in [0.717, 1.165) is 12.8 Å². The van der Waals surface area contributed by atoms with Crippen molar-refractivity contribution in [1.29, 1.82) is 0 Å². The van der Waals surface area contributed by atoms with Crippen molar-refractivity contribution in [3.63, 3.8) is 0 Å². The number of allylic oxidation sites excluding steroid dienone is 8. The summed E-state index contributed by atoms with van der Waals surface area (Å²) >= 11 is -1.84. The Morgan fingerprint density at radius 1 is 0.800 bits per heavy atom. The average molecular weight is 471 g/mol. The molecule has 4 rings (SSSR count). The monoisotopic (exact) mass is 470 g/mol. The summed E-state index contributed by atoms with van der Waals surface area (Å²) in [4.78, 5) is 0. The van der Waals surface area contributed by atoms with E-state index in [-0.39, 0.29) is 24.8 Å². The van der Waals surface area contributed by atoms with E-state index in [2.05, 4.69) is 98.8 Å². The maximum Gasteiger partial charge on any atom is -1.00 e. The van der Waals surface area contributed by atoms with Gasteiger partial charge >= 0.3 is 176 Å².